The summed E-state index contributed by atoms with van der Waals surface area (Å²) in [5.74, 6) is -3.21. The molecule has 1 amide bonds. The number of halogens is 6. The van der Waals surface area contributed by atoms with E-state index >= 15 is 0 Å². The van der Waals surface area contributed by atoms with Gasteiger partial charge < -0.3 is 24.8 Å². The highest BCUT2D eigenvalue weighted by molar-refractivity contribution is 7.89. The fourth-order valence-corrected chi connectivity index (χ4v) is 6.34. The molecule has 48 heavy (non-hydrogen) atoms. The van der Waals surface area contributed by atoms with Crippen molar-refractivity contribution in [2.75, 3.05) is 24.5 Å². The minimum atomic E-state index is -5.01. The first kappa shape index (κ1) is 34.1. The zero-order valence-electron chi connectivity index (χ0n) is 24.1. The second-order valence-electron chi connectivity index (χ2n) is 10.1. The van der Waals surface area contributed by atoms with Crippen molar-refractivity contribution in [3.63, 3.8) is 0 Å². The molecule has 1 fully saturated rings. The number of benzene rings is 2. The number of amides is 1. The average Bonchev–Trinajstić information content (AvgIpc) is 3.02. The molecule has 0 unspecified atom stereocenters. The average molecular weight is 701 g/mol. The fraction of sp³-hybridized carbons (Fsp3) is 0.250. The van der Waals surface area contributed by atoms with Gasteiger partial charge in [-0.15, -0.1) is 26.3 Å². The second kappa shape index (κ2) is 13.1. The molecule has 20 heteroatoms. The lowest BCUT2D eigenvalue weighted by atomic mass is 10.1. The molecule has 0 spiro atoms. The van der Waals surface area contributed by atoms with Gasteiger partial charge in [-0.3, -0.25) is 9.78 Å². The lowest BCUT2D eigenvalue weighted by molar-refractivity contribution is -0.275. The standard InChI is InChI=1S/C28H22F6N6O7S/c29-27(30,31)46-17-3-1-16(2-4-17)11-37-25(41)22-15-39(23-14-36-21-13-35-12-20(26(42)43)24(21)38-23)9-10-40(22)48(44,45)19-7-5-18(6-8-19)47-28(32,33)34/h1-8,12-14,22H,9-11,15H2,(H,37,41)(H,42,43)/t22-/m1/s1. The third kappa shape index (κ3) is 8.00. The van der Waals surface area contributed by atoms with E-state index in [4.69, 9.17) is 0 Å². The first-order valence-electron chi connectivity index (χ1n) is 13.6. The number of carboxylic acids is 1. The molecule has 1 saturated heterocycles. The van der Waals surface area contributed by atoms with E-state index in [-0.39, 0.29) is 48.6 Å². The van der Waals surface area contributed by atoms with Gasteiger partial charge >= 0.3 is 18.7 Å². The highest BCUT2D eigenvalue weighted by Gasteiger charge is 2.41. The number of hydrogen-bond acceptors (Lipinski definition) is 10. The number of aromatic nitrogens is 3. The number of hydrogen-bond donors (Lipinski definition) is 2. The third-order valence-corrected chi connectivity index (χ3v) is 8.84. The molecule has 2 N–H and O–H groups in total. The van der Waals surface area contributed by atoms with Crippen molar-refractivity contribution in [1.29, 1.82) is 0 Å². The van der Waals surface area contributed by atoms with Gasteiger partial charge in [0.05, 0.1) is 17.3 Å². The van der Waals surface area contributed by atoms with Crippen LogP contribution in [-0.2, 0) is 21.4 Å². The van der Waals surface area contributed by atoms with Crippen molar-refractivity contribution < 1.29 is 58.9 Å². The second-order valence-corrected chi connectivity index (χ2v) is 12.0. The molecule has 0 saturated carbocycles. The van der Waals surface area contributed by atoms with Crippen LogP contribution in [0.25, 0.3) is 11.0 Å². The van der Waals surface area contributed by atoms with Gasteiger partial charge in [-0.1, -0.05) is 12.1 Å². The summed E-state index contributed by atoms with van der Waals surface area (Å²) in [5, 5.41) is 12.1. The van der Waals surface area contributed by atoms with Crippen LogP contribution in [-0.4, -0.2) is 83.1 Å². The summed E-state index contributed by atoms with van der Waals surface area (Å²) in [6.07, 6.45) is -6.26. The van der Waals surface area contributed by atoms with E-state index in [1.54, 1.807) is 0 Å². The predicted molar refractivity (Wildman–Crippen MR) is 152 cm³/mol. The quantitative estimate of drug-likeness (QED) is 0.245. The maximum absolute atomic E-state index is 13.7. The Morgan fingerprint density at radius 2 is 1.50 bits per heavy atom. The SMILES string of the molecule is O=C(O)c1cncc2ncc(N3CCN(S(=O)(=O)c4ccc(OC(F)(F)F)cc4)[C@@H](C(=O)NCc4ccc(OC(F)(F)F)cc4)C3)nc12. The molecular formula is C28H22F6N6O7S. The van der Waals surface area contributed by atoms with Crippen molar-refractivity contribution in [3.8, 4) is 11.5 Å². The summed E-state index contributed by atoms with van der Waals surface area (Å²) in [7, 11) is -4.52. The number of anilines is 1. The van der Waals surface area contributed by atoms with Gasteiger partial charge in [0, 0.05) is 32.4 Å². The van der Waals surface area contributed by atoms with E-state index < -0.39 is 57.1 Å². The summed E-state index contributed by atoms with van der Waals surface area (Å²) in [5.41, 5.74) is 0.251. The summed E-state index contributed by atoms with van der Waals surface area (Å²) >= 11 is 0. The Bertz CT molecular complexity index is 1930. The molecular weight excluding hydrogens is 678 g/mol. The van der Waals surface area contributed by atoms with Crippen LogP contribution in [0.5, 0.6) is 11.5 Å². The van der Waals surface area contributed by atoms with Crippen molar-refractivity contribution in [1.82, 2.24) is 24.6 Å². The molecule has 2 aromatic carbocycles. The summed E-state index contributed by atoms with van der Waals surface area (Å²) < 4.78 is 111. The number of rotatable bonds is 9. The van der Waals surface area contributed by atoms with E-state index in [1.807, 2.05) is 0 Å². The molecule has 0 aliphatic carbocycles. The minimum Gasteiger partial charge on any atom is -0.478 e. The van der Waals surface area contributed by atoms with Crippen LogP contribution in [0.2, 0.25) is 0 Å². The molecule has 2 aromatic heterocycles. The number of pyridine rings is 1. The molecule has 1 aliphatic rings. The van der Waals surface area contributed by atoms with Gasteiger partial charge in [-0.25, -0.2) is 23.2 Å². The van der Waals surface area contributed by atoms with Crippen LogP contribution >= 0.6 is 0 Å². The molecule has 13 nitrogen and oxygen atoms in total. The molecule has 0 bridgehead atoms. The first-order valence-corrected chi connectivity index (χ1v) is 15.0. The van der Waals surface area contributed by atoms with Crippen LogP contribution in [0.15, 0.2) is 72.0 Å². The Morgan fingerprint density at radius 1 is 0.896 bits per heavy atom. The third-order valence-electron chi connectivity index (χ3n) is 6.92. The largest absolute Gasteiger partial charge is 0.573 e. The topological polar surface area (TPSA) is 164 Å². The van der Waals surface area contributed by atoms with Gasteiger partial charge in [-0.05, 0) is 42.0 Å². The lowest BCUT2D eigenvalue weighted by Gasteiger charge is -2.40. The Balaban J connectivity index is 1.42. The molecule has 254 valence electrons. The highest BCUT2D eigenvalue weighted by atomic mass is 32.2. The zero-order valence-corrected chi connectivity index (χ0v) is 24.9. The number of carbonyl (C=O) groups excluding carboxylic acids is 1. The van der Waals surface area contributed by atoms with Crippen LogP contribution in [0.3, 0.4) is 0 Å². The molecule has 1 aliphatic heterocycles. The van der Waals surface area contributed by atoms with Crippen LogP contribution in [0, 0.1) is 0 Å². The summed E-state index contributed by atoms with van der Waals surface area (Å²) in [6, 6.07) is 6.47. The summed E-state index contributed by atoms with van der Waals surface area (Å²) in [4.78, 5) is 38.7. The van der Waals surface area contributed by atoms with E-state index in [0.29, 0.717) is 5.56 Å². The number of aromatic carboxylic acids is 1. The number of sulfonamides is 1. The summed E-state index contributed by atoms with van der Waals surface area (Å²) in [6.45, 7) is -0.949. The zero-order chi connectivity index (χ0) is 34.9. The van der Waals surface area contributed by atoms with Crippen LogP contribution < -0.4 is 19.7 Å². The number of carboxylic acid groups (broad SMARTS) is 1. The maximum atomic E-state index is 13.7. The van der Waals surface area contributed by atoms with E-state index in [9.17, 15) is 49.5 Å². The normalized spacial score (nSPS) is 16.0. The monoisotopic (exact) mass is 700 g/mol. The number of alkyl halides is 6. The molecule has 0 radical (unpaired) electrons. The van der Waals surface area contributed by atoms with E-state index in [0.717, 1.165) is 46.9 Å². The number of nitrogens with one attached hydrogen (secondary N) is 1. The predicted octanol–water partition coefficient (Wildman–Crippen LogP) is 3.72. The molecule has 1 atom stereocenters. The molecule has 3 heterocycles. The van der Waals surface area contributed by atoms with Gasteiger partial charge in [0.15, 0.2) is 0 Å². The minimum absolute atomic E-state index is 0.00910. The lowest BCUT2D eigenvalue weighted by Crippen LogP contribution is -2.60. The van der Waals surface area contributed by atoms with Gasteiger partial charge in [0.25, 0.3) is 0 Å². The first-order chi connectivity index (χ1) is 22.5. The van der Waals surface area contributed by atoms with Crippen molar-refractivity contribution >= 4 is 38.8 Å². The van der Waals surface area contributed by atoms with Gasteiger partial charge in [0.1, 0.15) is 40.0 Å². The molecule has 4 aromatic rings. The smallest absolute Gasteiger partial charge is 0.478 e. The number of ether oxygens (including phenoxy) is 2. The van der Waals surface area contributed by atoms with Crippen molar-refractivity contribution in [2.45, 2.75) is 30.2 Å². The van der Waals surface area contributed by atoms with Gasteiger partial charge in [0.2, 0.25) is 15.9 Å². The van der Waals surface area contributed by atoms with Crippen molar-refractivity contribution in [3.05, 3.63) is 78.2 Å². The number of piperazine rings is 1. The number of nitrogens with zero attached hydrogens (tertiary/aromatic N) is 5. The fourth-order valence-electron chi connectivity index (χ4n) is 4.77. The Morgan fingerprint density at radius 3 is 2.08 bits per heavy atom. The number of carbonyl (C=O) groups is 2. The Hall–Kier alpha value is -5.24. The van der Waals surface area contributed by atoms with Crippen LogP contribution in [0.4, 0.5) is 32.2 Å². The van der Waals surface area contributed by atoms with Crippen LogP contribution in [0.1, 0.15) is 15.9 Å². The molecule has 5 rings (SSSR count). The number of fused-ring (bicyclic) bond motifs is 1. The Kier molecular flexibility index (Phi) is 9.31. The van der Waals surface area contributed by atoms with Crippen molar-refractivity contribution in [2.24, 2.45) is 0 Å². The highest BCUT2D eigenvalue weighted by Crippen LogP contribution is 2.29. The maximum Gasteiger partial charge on any atom is 0.573 e. The van der Waals surface area contributed by atoms with E-state index in [2.05, 4.69) is 29.7 Å². The van der Waals surface area contributed by atoms with Gasteiger partial charge in [-0.2, -0.15) is 4.31 Å². The van der Waals surface area contributed by atoms with E-state index in [1.165, 1.54) is 29.4 Å². The Labute approximate surface area is 266 Å².